The van der Waals surface area contributed by atoms with Gasteiger partial charge in [0.15, 0.2) is 0 Å². The average Bonchev–Trinajstić information content (AvgIpc) is 3.33. The molecule has 0 fully saturated rings. The predicted octanol–water partition coefficient (Wildman–Crippen LogP) is 7.69. The molecule has 2 radical (unpaired) electrons. The van der Waals surface area contributed by atoms with Crippen LogP contribution in [0.2, 0.25) is 0 Å². The van der Waals surface area contributed by atoms with Crippen LogP contribution in [0.4, 0.5) is 0 Å². The van der Waals surface area contributed by atoms with Gasteiger partial charge in [0.25, 0.3) is 0 Å². The maximum Gasteiger partial charge on any atom is 0.0687 e. The molecule has 4 heteroatoms. The van der Waals surface area contributed by atoms with Gasteiger partial charge in [-0.2, -0.15) is 0 Å². The van der Waals surface area contributed by atoms with E-state index in [1.807, 2.05) is 0 Å². The molecule has 0 amide bonds. The summed E-state index contributed by atoms with van der Waals surface area (Å²) >= 11 is 10.1. The van der Waals surface area contributed by atoms with Crippen molar-refractivity contribution in [3.63, 3.8) is 0 Å². The van der Waals surface area contributed by atoms with Gasteiger partial charge in [-0.25, -0.2) is 0 Å². The molecule has 0 unspecified atom stereocenters. The second kappa shape index (κ2) is 10.7. The number of halogens is 2. The molecule has 0 saturated heterocycles. The Morgan fingerprint density at radius 1 is 0.469 bits per heavy atom. The van der Waals surface area contributed by atoms with Crippen molar-refractivity contribution in [3.8, 4) is 22.3 Å². The molecule has 2 aliphatic rings. The summed E-state index contributed by atoms with van der Waals surface area (Å²) in [5, 5.41) is 0. The Morgan fingerprint density at radius 2 is 0.719 bits per heavy atom. The molecule has 0 bridgehead atoms. The summed E-state index contributed by atoms with van der Waals surface area (Å²) in [4.78, 5) is 0. The van der Waals surface area contributed by atoms with Crippen molar-refractivity contribution in [1.82, 2.24) is 0 Å². The molecule has 2 aliphatic carbocycles. The van der Waals surface area contributed by atoms with Gasteiger partial charge >= 0.3 is 0 Å². The summed E-state index contributed by atoms with van der Waals surface area (Å²) in [7, 11) is 0.808. The largest absolute Gasteiger partial charge is 0.125 e. The third kappa shape index (κ3) is 4.24. The number of hydrogen-bond donors (Lipinski definition) is 0. The molecular formula is C28H22Cl2SiZr. The van der Waals surface area contributed by atoms with E-state index in [-0.39, 0.29) is 26.2 Å². The van der Waals surface area contributed by atoms with Crippen LogP contribution in [0.1, 0.15) is 33.3 Å². The maximum atomic E-state index is 5.05. The SMILES string of the molecule is ClCCCl.[Zr].c1ccc2c(c1)-c1ccccc1C2[Si]C1c2ccccc2-c2ccccc21. The Morgan fingerprint density at radius 3 is 0.969 bits per heavy atom. The molecule has 32 heavy (non-hydrogen) atoms. The summed E-state index contributed by atoms with van der Waals surface area (Å²) in [5.74, 6) is 1.11. The van der Waals surface area contributed by atoms with Gasteiger partial charge in [-0.15, -0.1) is 23.2 Å². The summed E-state index contributed by atoms with van der Waals surface area (Å²) in [6, 6.07) is 35.9. The first-order valence-corrected chi connectivity index (χ1v) is 12.8. The van der Waals surface area contributed by atoms with E-state index in [0.717, 1.165) is 9.52 Å². The molecular weight excluding hydrogens is 527 g/mol. The van der Waals surface area contributed by atoms with Crippen molar-refractivity contribution in [2.75, 3.05) is 11.8 Å². The number of fused-ring (bicyclic) bond motifs is 6. The predicted molar refractivity (Wildman–Crippen MR) is 135 cm³/mol. The van der Waals surface area contributed by atoms with Gasteiger partial charge in [0.1, 0.15) is 0 Å². The molecule has 0 aromatic heterocycles. The van der Waals surface area contributed by atoms with E-state index in [9.17, 15) is 0 Å². The Bertz CT molecular complexity index is 1040. The molecule has 0 aliphatic heterocycles. The van der Waals surface area contributed by atoms with E-state index in [4.69, 9.17) is 23.2 Å². The van der Waals surface area contributed by atoms with Crippen LogP contribution in [0.15, 0.2) is 97.1 Å². The van der Waals surface area contributed by atoms with Gasteiger partial charge in [0.05, 0.1) is 9.52 Å². The summed E-state index contributed by atoms with van der Waals surface area (Å²) in [6.07, 6.45) is 0. The Balaban J connectivity index is 0.000000455. The minimum atomic E-state index is 0. The van der Waals surface area contributed by atoms with Crippen LogP contribution in [-0.2, 0) is 26.2 Å². The van der Waals surface area contributed by atoms with E-state index in [1.165, 1.54) is 44.5 Å². The van der Waals surface area contributed by atoms with Crippen LogP contribution in [0.5, 0.6) is 0 Å². The minimum Gasteiger partial charge on any atom is -0.125 e. The van der Waals surface area contributed by atoms with Crippen molar-refractivity contribution >= 4 is 32.7 Å². The fourth-order valence-corrected chi connectivity index (χ4v) is 6.90. The molecule has 0 spiro atoms. The summed E-state index contributed by atoms with van der Waals surface area (Å²) in [5.41, 5.74) is 12.7. The topological polar surface area (TPSA) is 0 Å². The second-order valence-corrected chi connectivity index (χ2v) is 10.0. The van der Waals surface area contributed by atoms with Crippen molar-refractivity contribution < 1.29 is 26.2 Å². The Labute approximate surface area is 221 Å². The van der Waals surface area contributed by atoms with E-state index < -0.39 is 0 Å². The first-order chi connectivity index (χ1) is 15.3. The van der Waals surface area contributed by atoms with Crippen molar-refractivity contribution in [2.45, 2.75) is 11.1 Å². The van der Waals surface area contributed by atoms with Crippen molar-refractivity contribution in [2.24, 2.45) is 0 Å². The molecule has 0 N–H and O–H groups in total. The van der Waals surface area contributed by atoms with Gasteiger partial charge in [-0.05, 0) is 44.5 Å². The van der Waals surface area contributed by atoms with E-state index in [1.54, 1.807) is 0 Å². The third-order valence-corrected chi connectivity index (χ3v) is 8.55. The number of hydrogen-bond acceptors (Lipinski definition) is 0. The molecule has 6 rings (SSSR count). The summed E-state index contributed by atoms with van der Waals surface area (Å²) in [6.45, 7) is 0. The standard InChI is InChI=1S/C26H18Si.C2H4Cl2.Zr/c1-5-13-21-17(9-1)18-10-2-6-14-22(18)25(21)27-26-23-15-7-3-11-19(23)20-12-4-8-16-24(20)26;3-1-2-4;/h1-16,25-26H;1-2H2;. The first kappa shape index (κ1) is 23.7. The first-order valence-electron chi connectivity index (χ1n) is 10.6. The van der Waals surface area contributed by atoms with Crippen LogP contribution in [-0.4, -0.2) is 21.3 Å². The third-order valence-electron chi connectivity index (χ3n) is 6.07. The Hall–Kier alpha value is -1.44. The minimum absolute atomic E-state index is 0. The molecule has 0 atom stereocenters. The smallest absolute Gasteiger partial charge is 0.0687 e. The Kier molecular flexibility index (Phi) is 7.90. The van der Waals surface area contributed by atoms with E-state index in [2.05, 4.69) is 97.1 Å². The monoisotopic (exact) mass is 546 g/mol. The van der Waals surface area contributed by atoms with Crippen LogP contribution < -0.4 is 0 Å². The van der Waals surface area contributed by atoms with Gasteiger partial charge in [0.2, 0.25) is 0 Å². The van der Waals surface area contributed by atoms with E-state index >= 15 is 0 Å². The van der Waals surface area contributed by atoms with Crippen LogP contribution in [0.3, 0.4) is 0 Å². The van der Waals surface area contributed by atoms with Gasteiger partial charge in [-0.1, -0.05) is 97.1 Å². The summed E-state index contributed by atoms with van der Waals surface area (Å²) < 4.78 is 0. The maximum absolute atomic E-state index is 5.05. The van der Waals surface area contributed by atoms with Gasteiger partial charge in [0, 0.05) is 49.0 Å². The van der Waals surface area contributed by atoms with Gasteiger partial charge < -0.3 is 0 Å². The quantitative estimate of drug-likeness (QED) is 0.182. The fraction of sp³-hybridized carbons (Fsp3) is 0.143. The number of rotatable bonds is 3. The molecule has 156 valence electrons. The normalized spacial score (nSPS) is 13.2. The van der Waals surface area contributed by atoms with Crippen molar-refractivity contribution in [3.05, 3.63) is 119 Å². The van der Waals surface area contributed by atoms with Crippen molar-refractivity contribution in [1.29, 1.82) is 0 Å². The molecule has 0 nitrogen and oxygen atoms in total. The van der Waals surface area contributed by atoms with Crippen LogP contribution >= 0.6 is 23.2 Å². The van der Waals surface area contributed by atoms with Crippen LogP contribution in [0, 0.1) is 0 Å². The van der Waals surface area contributed by atoms with Crippen LogP contribution in [0.25, 0.3) is 22.3 Å². The fourth-order valence-electron chi connectivity index (χ4n) is 4.84. The molecule has 0 saturated carbocycles. The zero-order valence-corrected chi connectivity index (χ0v) is 22.5. The zero-order valence-electron chi connectivity index (χ0n) is 17.6. The number of alkyl halides is 2. The average molecular weight is 549 g/mol. The number of benzene rings is 4. The second-order valence-electron chi connectivity index (χ2n) is 7.76. The molecule has 4 aromatic rings. The zero-order chi connectivity index (χ0) is 21.2. The van der Waals surface area contributed by atoms with E-state index in [0.29, 0.717) is 22.8 Å². The van der Waals surface area contributed by atoms with Gasteiger partial charge in [-0.3, -0.25) is 0 Å². The molecule has 0 heterocycles. The molecule has 4 aromatic carbocycles.